The largest absolute Gasteiger partial charge is 0.375 e. The van der Waals surface area contributed by atoms with Gasteiger partial charge < -0.3 is 10.1 Å². The smallest absolute Gasteiger partial charge is 0.0628 e. The van der Waals surface area contributed by atoms with Crippen LogP contribution in [0.25, 0.3) is 0 Å². The number of ether oxygens (including phenoxy) is 1. The molecule has 0 radical (unpaired) electrons. The minimum Gasteiger partial charge on any atom is -0.375 e. The summed E-state index contributed by atoms with van der Waals surface area (Å²) >= 11 is 0. The average molecular weight is 211 g/mol. The molecule has 1 saturated heterocycles. The van der Waals surface area contributed by atoms with Crippen LogP contribution in [0.5, 0.6) is 0 Å². The Labute approximate surface area is 93.8 Å². The maximum absolute atomic E-state index is 6.25. The van der Waals surface area contributed by atoms with E-state index >= 15 is 0 Å². The van der Waals surface area contributed by atoms with Crippen molar-refractivity contribution in [1.82, 2.24) is 5.32 Å². The summed E-state index contributed by atoms with van der Waals surface area (Å²) in [4.78, 5) is 0. The molecule has 0 aromatic heterocycles. The monoisotopic (exact) mass is 211 g/mol. The fourth-order valence-corrected chi connectivity index (χ4v) is 2.80. The van der Waals surface area contributed by atoms with Crippen LogP contribution in [0, 0.1) is 11.8 Å². The second kappa shape index (κ2) is 5.31. The first-order valence-corrected chi connectivity index (χ1v) is 6.62. The first-order chi connectivity index (χ1) is 7.25. The van der Waals surface area contributed by atoms with Crippen LogP contribution < -0.4 is 5.32 Å². The van der Waals surface area contributed by atoms with Crippen LogP contribution in [-0.2, 0) is 4.74 Å². The zero-order valence-electron chi connectivity index (χ0n) is 10.2. The molecule has 0 aromatic rings. The van der Waals surface area contributed by atoms with Gasteiger partial charge in [-0.15, -0.1) is 0 Å². The Bertz CT molecular complexity index is 187. The molecular weight excluding hydrogens is 186 g/mol. The van der Waals surface area contributed by atoms with Crippen molar-refractivity contribution < 1.29 is 4.74 Å². The fourth-order valence-electron chi connectivity index (χ4n) is 2.80. The number of hydrogen-bond acceptors (Lipinski definition) is 2. The van der Waals surface area contributed by atoms with E-state index in [-0.39, 0.29) is 0 Å². The Morgan fingerprint density at radius 1 is 1.00 bits per heavy atom. The Morgan fingerprint density at radius 2 is 1.73 bits per heavy atom. The van der Waals surface area contributed by atoms with Crippen LogP contribution in [-0.4, -0.2) is 25.3 Å². The van der Waals surface area contributed by atoms with Gasteiger partial charge in [-0.05, 0) is 50.5 Å². The Hall–Kier alpha value is -0.0800. The molecular formula is C13H25NO. The van der Waals surface area contributed by atoms with E-state index in [9.17, 15) is 0 Å². The molecule has 2 fully saturated rings. The maximum Gasteiger partial charge on any atom is 0.0628 e. The third-order valence-electron chi connectivity index (χ3n) is 4.04. The lowest BCUT2D eigenvalue weighted by Crippen LogP contribution is -2.42. The van der Waals surface area contributed by atoms with Crippen molar-refractivity contribution in [3.05, 3.63) is 0 Å². The van der Waals surface area contributed by atoms with Gasteiger partial charge in [0.05, 0.1) is 12.2 Å². The van der Waals surface area contributed by atoms with Crippen molar-refractivity contribution in [1.29, 1.82) is 0 Å². The van der Waals surface area contributed by atoms with Crippen LogP contribution in [0.4, 0.5) is 0 Å². The van der Waals surface area contributed by atoms with Crippen molar-refractivity contribution in [2.24, 2.45) is 11.8 Å². The van der Waals surface area contributed by atoms with Crippen LogP contribution in [0.2, 0.25) is 0 Å². The molecule has 0 bridgehead atoms. The van der Waals surface area contributed by atoms with Crippen molar-refractivity contribution in [2.45, 2.75) is 58.2 Å². The molecule has 2 unspecified atom stereocenters. The molecule has 2 rings (SSSR count). The van der Waals surface area contributed by atoms with E-state index in [0.29, 0.717) is 18.1 Å². The molecule has 0 amide bonds. The van der Waals surface area contributed by atoms with Gasteiger partial charge in [-0.3, -0.25) is 0 Å². The van der Waals surface area contributed by atoms with E-state index < -0.39 is 0 Å². The summed E-state index contributed by atoms with van der Waals surface area (Å²) in [5, 5.41) is 3.43. The average Bonchev–Trinajstić information content (AvgIpc) is 2.25. The van der Waals surface area contributed by atoms with Gasteiger partial charge in [-0.2, -0.15) is 0 Å². The van der Waals surface area contributed by atoms with Crippen LogP contribution in [0.1, 0.15) is 46.0 Å². The Balaban J connectivity index is 1.75. The Morgan fingerprint density at radius 3 is 2.40 bits per heavy atom. The van der Waals surface area contributed by atoms with Crippen LogP contribution in [0.3, 0.4) is 0 Å². The maximum atomic E-state index is 6.25. The molecule has 0 aromatic carbocycles. The summed E-state index contributed by atoms with van der Waals surface area (Å²) in [6, 6.07) is 0. The van der Waals surface area contributed by atoms with E-state index in [1.54, 1.807) is 0 Å². The highest BCUT2D eigenvalue weighted by atomic mass is 16.5. The summed E-state index contributed by atoms with van der Waals surface area (Å²) in [5.74, 6) is 1.62. The molecule has 2 atom stereocenters. The predicted molar refractivity (Wildman–Crippen MR) is 62.9 cm³/mol. The zero-order chi connectivity index (χ0) is 10.7. The van der Waals surface area contributed by atoms with E-state index in [1.165, 1.54) is 32.1 Å². The minimum atomic E-state index is 0.518. The van der Waals surface area contributed by atoms with Gasteiger partial charge in [0.1, 0.15) is 0 Å². The van der Waals surface area contributed by atoms with Crippen molar-refractivity contribution >= 4 is 0 Å². The highest BCUT2D eigenvalue weighted by Gasteiger charge is 2.26. The minimum absolute atomic E-state index is 0.518. The van der Waals surface area contributed by atoms with E-state index in [4.69, 9.17) is 4.74 Å². The predicted octanol–water partition coefficient (Wildman–Crippen LogP) is 2.58. The lowest BCUT2D eigenvalue weighted by molar-refractivity contribution is -0.0683. The summed E-state index contributed by atoms with van der Waals surface area (Å²) in [7, 11) is 0. The van der Waals surface area contributed by atoms with Crippen molar-refractivity contribution in [2.75, 3.05) is 13.1 Å². The van der Waals surface area contributed by atoms with Crippen LogP contribution >= 0.6 is 0 Å². The molecule has 1 aliphatic carbocycles. The number of piperidine rings is 1. The molecule has 88 valence electrons. The van der Waals surface area contributed by atoms with Gasteiger partial charge in [-0.25, -0.2) is 0 Å². The molecule has 1 N–H and O–H groups in total. The first-order valence-electron chi connectivity index (χ1n) is 6.62. The van der Waals surface area contributed by atoms with Gasteiger partial charge >= 0.3 is 0 Å². The second-order valence-corrected chi connectivity index (χ2v) is 5.53. The lowest BCUT2D eigenvalue weighted by Gasteiger charge is -2.35. The molecule has 1 heterocycles. The van der Waals surface area contributed by atoms with E-state index in [0.717, 1.165) is 19.0 Å². The number of nitrogens with one attached hydrogen (secondary N) is 1. The van der Waals surface area contributed by atoms with E-state index in [1.807, 2.05) is 0 Å². The summed E-state index contributed by atoms with van der Waals surface area (Å²) < 4.78 is 6.25. The SMILES string of the molecule is CC1CCC(OC2CCNCC2C)CC1. The third kappa shape index (κ3) is 3.18. The van der Waals surface area contributed by atoms with Gasteiger partial charge in [0.25, 0.3) is 0 Å². The molecule has 15 heavy (non-hydrogen) atoms. The molecule has 2 aliphatic rings. The van der Waals surface area contributed by atoms with E-state index in [2.05, 4.69) is 19.2 Å². The van der Waals surface area contributed by atoms with Crippen molar-refractivity contribution in [3.8, 4) is 0 Å². The molecule has 1 saturated carbocycles. The topological polar surface area (TPSA) is 21.3 Å². The summed E-state index contributed by atoms with van der Waals surface area (Å²) in [6.45, 7) is 6.94. The summed E-state index contributed by atoms with van der Waals surface area (Å²) in [5.41, 5.74) is 0. The highest BCUT2D eigenvalue weighted by Crippen LogP contribution is 2.28. The third-order valence-corrected chi connectivity index (χ3v) is 4.04. The van der Waals surface area contributed by atoms with Gasteiger partial charge in [0.2, 0.25) is 0 Å². The molecule has 1 aliphatic heterocycles. The second-order valence-electron chi connectivity index (χ2n) is 5.53. The fraction of sp³-hybridized carbons (Fsp3) is 1.00. The quantitative estimate of drug-likeness (QED) is 0.758. The normalized spacial score (nSPS) is 42.8. The van der Waals surface area contributed by atoms with Crippen molar-refractivity contribution in [3.63, 3.8) is 0 Å². The molecule has 0 spiro atoms. The lowest BCUT2D eigenvalue weighted by atomic mass is 9.88. The first kappa shape index (κ1) is 11.4. The molecule has 2 nitrogen and oxygen atoms in total. The number of rotatable bonds is 2. The highest BCUT2D eigenvalue weighted by molar-refractivity contribution is 4.78. The Kier molecular flexibility index (Phi) is 4.04. The van der Waals surface area contributed by atoms with Crippen LogP contribution in [0.15, 0.2) is 0 Å². The van der Waals surface area contributed by atoms with Gasteiger partial charge in [-0.1, -0.05) is 13.8 Å². The summed E-state index contributed by atoms with van der Waals surface area (Å²) in [6.07, 6.45) is 7.59. The standard InChI is InChI=1S/C13H25NO/c1-10-3-5-12(6-4-10)15-13-7-8-14-9-11(13)2/h10-14H,3-9H2,1-2H3. The zero-order valence-corrected chi connectivity index (χ0v) is 10.2. The number of hydrogen-bond donors (Lipinski definition) is 1. The van der Waals surface area contributed by atoms with Gasteiger partial charge in [0, 0.05) is 6.54 Å². The van der Waals surface area contributed by atoms with Gasteiger partial charge in [0.15, 0.2) is 0 Å². The molecule has 2 heteroatoms.